The maximum Gasteiger partial charge on any atom is 0.311 e. The van der Waals surface area contributed by atoms with Gasteiger partial charge in [0.15, 0.2) is 0 Å². The number of hydrogen-bond acceptors (Lipinski definition) is 3. The smallest absolute Gasteiger partial charge is 0.311 e. The number of carboxylic acid groups (broad SMARTS) is 1. The lowest BCUT2D eigenvalue weighted by Crippen LogP contribution is -2.42. The van der Waals surface area contributed by atoms with Gasteiger partial charge in [-0.05, 0) is 31.6 Å². The lowest BCUT2D eigenvalue weighted by Gasteiger charge is -2.24. The molecule has 2 aliphatic carbocycles. The van der Waals surface area contributed by atoms with Gasteiger partial charge in [-0.25, -0.2) is 0 Å². The number of carbonyl (C=O) groups excluding carboxylic acids is 1. The van der Waals surface area contributed by atoms with E-state index in [4.69, 9.17) is 0 Å². The van der Waals surface area contributed by atoms with Crippen molar-refractivity contribution in [3.8, 4) is 0 Å². The summed E-state index contributed by atoms with van der Waals surface area (Å²) >= 11 is 0. The summed E-state index contributed by atoms with van der Waals surface area (Å²) in [6.45, 7) is 1.68. The summed E-state index contributed by atoms with van der Waals surface area (Å²) in [5.41, 5.74) is -0.581. The molecule has 0 bridgehead atoms. The summed E-state index contributed by atoms with van der Waals surface area (Å²) in [5.74, 6) is -0.357. The Balaban J connectivity index is 0.00000192. The molecule has 0 aromatic carbocycles. The van der Waals surface area contributed by atoms with E-state index in [9.17, 15) is 14.7 Å². The van der Waals surface area contributed by atoms with E-state index in [0.717, 1.165) is 38.6 Å². The zero-order valence-electron chi connectivity index (χ0n) is 13.8. The third-order valence-electron chi connectivity index (χ3n) is 5.95. The van der Waals surface area contributed by atoms with Crippen LogP contribution in [0.1, 0.15) is 57.8 Å². The molecule has 3 aliphatic rings. The zero-order valence-corrected chi connectivity index (χ0v) is 14.6. The molecule has 0 aromatic rings. The Morgan fingerprint density at radius 3 is 2.39 bits per heavy atom. The van der Waals surface area contributed by atoms with Crippen molar-refractivity contribution >= 4 is 24.3 Å². The number of nitrogens with zero attached hydrogens (tertiary/aromatic N) is 1. The Morgan fingerprint density at radius 2 is 1.78 bits per heavy atom. The van der Waals surface area contributed by atoms with E-state index in [2.05, 4.69) is 10.2 Å². The number of halogens is 1. The number of hydrogen-bond donors (Lipinski definition) is 2. The second-order valence-corrected chi connectivity index (χ2v) is 7.48. The molecule has 0 radical (unpaired) electrons. The third kappa shape index (κ3) is 4.00. The lowest BCUT2D eigenvalue weighted by atomic mass is 9.81. The van der Waals surface area contributed by atoms with Crippen molar-refractivity contribution in [2.45, 2.75) is 63.8 Å². The predicted octanol–water partition coefficient (Wildman–Crippen LogP) is 2.43. The van der Waals surface area contributed by atoms with Crippen LogP contribution < -0.4 is 5.32 Å². The number of likely N-dealkylation sites (tertiary alicyclic amines) is 1. The number of amides is 1. The highest BCUT2D eigenvalue weighted by atomic mass is 35.5. The summed E-state index contributed by atoms with van der Waals surface area (Å²) in [5, 5.41) is 12.8. The molecule has 0 unspecified atom stereocenters. The van der Waals surface area contributed by atoms with Crippen LogP contribution in [0.4, 0.5) is 0 Å². The molecule has 5 nitrogen and oxygen atoms in total. The Bertz CT molecular complexity index is 438. The highest BCUT2D eigenvalue weighted by molar-refractivity contribution is 5.85. The van der Waals surface area contributed by atoms with E-state index >= 15 is 0 Å². The monoisotopic (exact) mass is 344 g/mol. The average Bonchev–Trinajstić information content (AvgIpc) is 2.88. The first-order valence-corrected chi connectivity index (χ1v) is 8.85. The highest BCUT2D eigenvalue weighted by Gasteiger charge is 2.54. The molecule has 2 N–H and O–H groups in total. The minimum atomic E-state index is -0.665. The van der Waals surface area contributed by atoms with E-state index in [1.54, 1.807) is 0 Å². The van der Waals surface area contributed by atoms with E-state index in [0.29, 0.717) is 19.1 Å². The standard InChI is InChI=1S/C17H28N2O3.ClH/c20-15(18-14-7-3-1-2-4-8-14)11-19-10-13-6-5-9-17(13,12-19)16(21)22;/h13-14H,1-12H2,(H,18,20)(H,21,22);1H/t13-,17+;/m0./s1. The first-order valence-electron chi connectivity index (χ1n) is 8.85. The van der Waals surface area contributed by atoms with Gasteiger partial charge in [0, 0.05) is 19.1 Å². The fourth-order valence-electron chi connectivity index (χ4n) is 4.76. The third-order valence-corrected chi connectivity index (χ3v) is 5.95. The van der Waals surface area contributed by atoms with Crippen LogP contribution in [0.3, 0.4) is 0 Å². The number of aliphatic carboxylic acids is 1. The zero-order chi connectivity index (χ0) is 15.6. The van der Waals surface area contributed by atoms with Crippen molar-refractivity contribution in [2.75, 3.05) is 19.6 Å². The number of rotatable bonds is 4. The number of carbonyl (C=O) groups is 2. The summed E-state index contributed by atoms with van der Waals surface area (Å²) in [6, 6.07) is 0.325. The molecule has 2 saturated carbocycles. The van der Waals surface area contributed by atoms with Gasteiger partial charge in [0.2, 0.25) is 5.91 Å². The van der Waals surface area contributed by atoms with E-state index < -0.39 is 11.4 Å². The number of nitrogens with one attached hydrogen (secondary N) is 1. The first kappa shape index (κ1) is 18.5. The van der Waals surface area contributed by atoms with Crippen LogP contribution in [0.25, 0.3) is 0 Å². The number of fused-ring (bicyclic) bond motifs is 1. The van der Waals surface area contributed by atoms with Gasteiger partial charge in [0.05, 0.1) is 12.0 Å². The summed E-state index contributed by atoms with van der Waals surface area (Å²) < 4.78 is 0. The minimum Gasteiger partial charge on any atom is -0.481 e. The van der Waals surface area contributed by atoms with Crippen LogP contribution >= 0.6 is 12.4 Å². The van der Waals surface area contributed by atoms with Gasteiger partial charge in [-0.15, -0.1) is 12.4 Å². The van der Waals surface area contributed by atoms with Crippen LogP contribution in [0, 0.1) is 11.3 Å². The van der Waals surface area contributed by atoms with E-state index in [1.165, 1.54) is 25.7 Å². The molecule has 0 aromatic heterocycles. The molecular formula is C17H29ClN2O3. The molecule has 1 amide bonds. The van der Waals surface area contributed by atoms with E-state index in [-0.39, 0.29) is 24.2 Å². The van der Waals surface area contributed by atoms with Gasteiger partial charge < -0.3 is 10.4 Å². The van der Waals surface area contributed by atoms with Crippen LogP contribution in [0.5, 0.6) is 0 Å². The second-order valence-electron chi connectivity index (χ2n) is 7.48. The average molecular weight is 345 g/mol. The lowest BCUT2D eigenvalue weighted by molar-refractivity contribution is -0.149. The van der Waals surface area contributed by atoms with Crippen molar-refractivity contribution in [2.24, 2.45) is 11.3 Å². The Hall–Kier alpha value is -0.810. The van der Waals surface area contributed by atoms with Gasteiger partial charge in [-0.3, -0.25) is 14.5 Å². The maximum atomic E-state index is 12.3. The van der Waals surface area contributed by atoms with Gasteiger partial charge in [0.25, 0.3) is 0 Å². The Morgan fingerprint density at radius 1 is 1.09 bits per heavy atom. The van der Waals surface area contributed by atoms with Crippen LogP contribution in [0.2, 0.25) is 0 Å². The highest BCUT2D eigenvalue weighted by Crippen LogP contribution is 2.48. The van der Waals surface area contributed by atoms with Crippen molar-refractivity contribution in [3.63, 3.8) is 0 Å². The molecule has 0 spiro atoms. The van der Waals surface area contributed by atoms with Crippen molar-refractivity contribution < 1.29 is 14.7 Å². The summed E-state index contributed by atoms with van der Waals surface area (Å²) in [6.07, 6.45) is 9.93. The SMILES string of the molecule is Cl.O=C(CN1C[C@@H]2CCC[C@@]2(C(=O)O)C1)NC1CCCCCC1. The summed E-state index contributed by atoms with van der Waals surface area (Å²) in [7, 11) is 0. The van der Waals surface area contributed by atoms with Crippen LogP contribution in [0.15, 0.2) is 0 Å². The fraction of sp³-hybridized carbons (Fsp3) is 0.882. The van der Waals surface area contributed by atoms with Gasteiger partial charge in [-0.2, -0.15) is 0 Å². The van der Waals surface area contributed by atoms with Gasteiger partial charge >= 0.3 is 5.97 Å². The molecule has 2 atom stereocenters. The van der Waals surface area contributed by atoms with Crippen molar-refractivity contribution in [3.05, 3.63) is 0 Å². The molecule has 1 saturated heterocycles. The largest absolute Gasteiger partial charge is 0.481 e. The van der Waals surface area contributed by atoms with Gasteiger partial charge in [0.1, 0.15) is 0 Å². The predicted molar refractivity (Wildman–Crippen MR) is 90.7 cm³/mol. The molecule has 1 aliphatic heterocycles. The Labute approximate surface area is 144 Å². The molecule has 3 rings (SSSR count). The van der Waals surface area contributed by atoms with Gasteiger partial charge in [-0.1, -0.05) is 32.1 Å². The number of carboxylic acids is 1. The molecule has 132 valence electrons. The van der Waals surface area contributed by atoms with Crippen LogP contribution in [-0.2, 0) is 9.59 Å². The fourth-order valence-corrected chi connectivity index (χ4v) is 4.76. The summed E-state index contributed by atoms with van der Waals surface area (Å²) in [4.78, 5) is 26.0. The van der Waals surface area contributed by atoms with Crippen molar-refractivity contribution in [1.82, 2.24) is 10.2 Å². The molecular weight excluding hydrogens is 316 g/mol. The molecule has 1 heterocycles. The normalized spacial score (nSPS) is 31.9. The molecule has 23 heavy (non-hydrogen) atoms. The molecule has 6 heteroatoms. The van der Waals surface area contributed by atoms with Crippen molar-refractivity contribution in [1.29, 1.82) is 0 Å². The topological polar surface area (TPSA) is 69.6 Å². The minimum absolute atomic E-state index is 0. The van der Waals surface area contributed by atoms with Crippen LogP contribution in [-0.4, -0.2) is 47.6 Å². The maximum absolute atomic E-state index is 12.3. The molecule has 3 fully saturated rings. The Kier molecular flexibility index (Phi) is 6.32. The first-order chi connectivity index (χ1) is 10.6. The second kappa shape index (κ2) is 7.84. The van der Waals surface area contributed by atoms with E-state index in [1.807, 2.05) is 0 Å². The quantitative estimate of drug-likeness (QED) is 0.768.